The molecule has 0 saturated heterocycles. The fourth-order valence-electron chi connectivity index (χ4n) is 0.491. The van der Waals surface area contributed by atoms with Gasteiger partial charge in [0, 0.05) is 0 Å². The highest BCUT2D eigenvalue weighted by Crippen LogP contribution is 2.02. The maximum absolute atomic E-state index is 5.35. The lowest BCUT2D eigenvalue weighted by atomic mass is 10.4. The van der Waals surface area contributed by atoms with Gasteiger partial charge in [-0.3, -0.25) is 0 Å². The monoisotopic (exact) mass is 124 g/mol. The molecule has 0 amide bonds. The second-order valence-corrected chi connectivity index (χ2v) is 1.62. The first-order valence-corrected chi connectivity index (χ1v) is 2.51. The largest absolute Gasteiger partial charge is 0.397 e. The lowest BCUT2D eigenvalue weighted by Gasteiger charge is -1.96. The number of nitrogens with two attached hydrogens (primary N) is 2. The van der Waals surface area contributed by atoms with Gasteiger partial charge in [-0.2, -0.15) is 0 Å². The minimum atomic E-state index is 0.615. The summed E-state index contributed by atoms with van der Waals surface area (Å²) in [5.41, 5.74) is 8.37. The first-order chi connectivity index (χ1) is 4.33. The molecule has 0 fully saturated rings. The summed E-state index contributed by atoms with van der Waals surface area (Å²) in [4.78, 5) is 3.84. The number of rotatable bonds is 1. The van der Waals surface area contributed by atoms with Crippen molar-refractivity contribution in [2.75, 3.05) is 11.2 Å². The van der Waals surface area contributed by atoms with Crippen LogP contribution in [0.15, 0.2) is 18.3 Å². The Balaban J connectivity index is 2.88. The van der Waals surface area contributed by atoms with E-state index in [1.165, 1.54) is 6.20 Å². The van der Waals surface area contributed by atoms with Gasteiger partial charge in [-0.05, 0) is 12.1 Å². The summed E-state index contributed by atoms with van der Waals surface area (Å²) in [5, 5.41) is 0. The van der Waals surface area contributed by atoms with Crippen molar-refractivity contribution in [2.45, 2.75) is 0 Å². The predicted octanol–water partition coefficient (Wildman–Crippen LogP) is -0.0506. The van der Waals surface area contributed by atoms with Crippen LogP contribution >= 0.6 is 0 Å². The first-order valence-electron chi connectivity index (χ1n) is 2.51. The SMILES string of the molecule is NNc1ccc(N)cn1. The Labute approximate surface area is 52.9 Å². The smallest absolute Gasteiger partial charge is 0.140 e. The van der Waals surface area contributed by atoms with E-state index in [9.17, 15) is 0 Å². The lowest BCUT2D eigenvalue weighted by molar-refractivity contribution is 1.23. The van der Waals surface area contributed by atoms with Gasteiger partial charge in [0.15, 0.2) is 0 Å². The summed E-state index contributed by atoms with van der Waals surface area (Å²) in [6, 6.07) is 3.43. The van der Waals surface area contributed by atoms with E-state index < -0.39 is 0 Å². The van der Waals surface area contributed by atoms with Crippen LogP contribution in [0.1, 0.15) is 0 Å². The molecule has 1 aromatic rings. The minimum absolute atomic E-state index is 0.615. The van der Waals surface area contributed by atoms with Crippen molar-refractivity contribution in [3.63, 3.8) is 0 Å². The first kappa shape index (κ1) is 5.84. The van der Waals surface area contributed by atoms with Gasteiger partial charge in [-0.15, -0.1) is 0 Å². The Morgan fingerprint density at radius 2 is 2.22 bits per heavy atom. The molecule has 0 aliphatic heterocycles. The molecule has 0 aliphatic rings. The van der Waals surface area contributed by atoms with E-state index in [1.807, 2.05) is 0 Å². The van der Waals surface area contributed by atoms with Gasteiger partial charge in [0.1, 0.15) is 5.82 Å². The van der Waals surface area contributed by atoms with Crippen molar-refractivity contribution < 1.29 is 0 Å². The van der Waals surface area contributed by atoms with E-state index in [0.29, 0.717) is 11.5 Å². The molecule has 4 heteroatoms. The Morgan fingerprint density at radius 1 is 1.44 bits per heavy atom. The molecular weight excluding hydrogens is 116 g/mol. The van der Waals surface area contributed by atoms with Gasteiger partial charge in [0.05, 0.1) is 11.9 Å². The standard InChI is InChI=1S/C5H8N4/c6-4-1-2-5(9-7)8-3-4/h1-3H,6-7H2,(H,8,9). The van der Waals surface area contributed by atoms with Crippen molar-refractivity contribution >= 4 is 11.5 Å². The van der Waals surface area contributed by atoms with E-state index in [0.717, 1.165) is 0 Å². The third-order valence-electron chi connectivity index (χ3n) is 0.934. The van der Waals surface area contributed by atoms with Crippen LogP contribution in [0.2, 0.25) is 0 Å². The molecule has 0 atom stereocenters. The summed E-state index contributed by atoms with van der Waals surface area (Å²) in [7, 11) is 0. The second kappa shape index (κ2) is 2.32. The normalized spacial score (nSPS) is 9.00. The van der Waals surface area contributed by atoms with E-state index in [4.69, 9.17) is 11.6 Å². The molecule has 5 N–H and O–H groups in total. The highest BCUT2D eigenvalue weighted by Gasteiger charge is 1.86. The zero-order valence-electron chi connectivity index (χ0n) is 4.83. The van der Waals surface area contributed by atoms with Crippen LogP contribution in [-0.2, 0) is 0 Å². The number of pyridine rings is 1. The van der Waals surface area contributed by atoms with Crippen LogP contribution in [0.25, 0.3) is 0 Å². The number of aromatic nitrogens is 1. The van der Waals surface area contributed by atoms with Gasteiger partial charge >= 0.3 is 0 Å². The van der Waals surface area contributed by atoms with Crippen molar-refractivity contribution in [1.29, 1.82) is 0 Å². The van der Waals surface area contributed by atoms with Crippen LogP contribution in [0, 0.1) is 0 Å². The quantitative estimate of drug-likeness (QED) is 0.362. The van der Waals surface area contributed by atoms with Crippen LogP contribution in [-0.4, -0.2) is 4.98 Å². The van der Waals surface area contributed by atoms with Crippen LogP contribution in [0.3, 0.4) is 0 Å². The fourth-order valence-corrected chi connectivity index (χ4v) is 0.491. The Bertz CT molecular complexity index is 181. The molecule has 0 saturated carbocycles. The number of hydrazine groups is 1. The van der Waals surface area contributed by atoms with Gasteiger partial charge in [0.2, 0.25) is 0 Å². The highest BCUT2D eigenvalue weighted by molar-refractivity contribution is 5.42. The van der Waals surface area contributed by atoms with Gasteiger partial charge < -0.3 is 11.2 Å². The Hall–Kier alpha value is -1.29. The second-order valence-electron chi connectivity index (χ2n) is 1.62. The van der Waals surface area contributed by atoms with Gasteiger partial charge in [0.25, 0.3) is 0 Å². The van der Waals surface area contributed by atoms with E-state index in [-0.39, 0.29) is 0 Å². The predicted molar refractivity (Wildman–Crippen MR) is 36.5 cm³/mol. The highest BCUT2D eigenvalue weighted by atomic mass is 15.2. The Morgan fingerprint density at radius 3 is 2.67 bits per heavy atom. The van der Waals surface area contributed by atoms with E-state index >= 15 is 0 Å². The van der Waals surface area contributed by atoms with Gasteiger partial charge in [-0.25, -0.2) is 10.8 Å². The van der Waals surface area contributed by atoms with E-state index in [2.05, 4.69) is 10.4 Å². The summed E-state index contributed by atoms with van der Waals surface area (Å²) in [5.74, 6) is 5.66. The summed E-state index contributed by atoms with van der Waals surface area (Å²) < 4.78 is 0. The number of hydrogen-bond donors (Lipinski definition) is 3. The molecule has 1 aromatic heterocycles. The molecule has 1 heterocycles. The molecular formula is C5H8N4. The molecule has 0 radical (unpaired) electrons. The maximum atomic E-state index is 5.35. The summed E-state index contributed by atoms with van der Waals surface area (Å²) >= 11 is 0. The summed E-state index contributed by atoms with van der Waals surface area (Å²) in [6.45, 7) is 0. The zero-order chi connectivity index (χ0) is 6.69. The molecule has 4 nitrogen and oxygen atoms in total. The number of nitrogens with zero attached hydrogens (tertiary/aromatic N) is 1. The van der Waals surface area contributed by atoms with Crippen molar-refractivity contribution in [2.24, 2.45) is 5.84 Å². The topological polar surface area (TPSA) is 77.0 Å². The number of anilines is 2. The minimum Gasteiger partial charge on any atom is -0.397 e. The van der Waals surface area contributed by atoms with Crippen molar-refractivity contribution in [3.05, 3.63) is 18.3 Å². The zero-order valence-corrected chi connectivity index (χ0v) is 4.83. The van der Waals surface area contributed by atoms with Crippen LogP contribution < -0.4 is 17.0 Å². The third-order valence-corrected chi connectivity index (χ3v) is 0.934. The molecule has 0 spiro atoms. The lowest BCUT2D eigenvalue weighted by Crippen LogP contribution is -2.08. The average molecular weight is 124 g/mol. The van der Waals surface area contributed by atoms with E-state index in [1.54, 1.807) is 12.1 Å². The molecule has 0 aliphatic carbocycles. The number of nitrogens with one attached hydrogen (secondary N) is 1. The number of nitrogen functional groups attached to an aromatic ring is 2. The maximum Gasteiger partial charge on any atom is 0.140 e. The van der Waals surface area contributed by atoms with Crippen LogP contribution in [0.4, 0.5) is 11.5 Å². The number of hydrogen-bond acceptors (Lipinski definition) is 4. The summed E-state index contributed by atoms with van der Waals surface area (Å²) in [6.07, 6.45) is 1.54. The Kier molecular flexibility index (Phi) is 1.51. The molecule has 1 rings (SSSR count). The van der Waals surface area contributed by atoms with Crippen molar-refractivity contribution in [1.82, 2.24) is 4.98 Å². The molecule has 0 bridgehead atoms. The van der Waals surface area contributed by atoms with Gasteiger partial charge in [-0.1, -0.05) is 0 Å². The molecule has 9 heavy (non-hydrogen) atoms. The van der Waals surface area contributed by atoms with Crippen molar-refractivity contribution in [3.8, 4) is 0 Å². The molecule has 0 aromatic carbocycles. The molecule has 48 valence electrons. The molecule has 0 unspecified atom stereocenters. The van der Waals surface area contributed by atoms with Crippen LogP contribution in [0.5, 0.6) is 0 Å². The average Bonchev–Trinajstić information content (AvgIpc) is 1.90. The third kappa shape index (κ3) is 1.30. The fraction of sp³-hybridized carbons (Fsp3) is 0.